The molecule has 2 atom stereocenters. The third-order valence-electron chi connectivity index (χ3n) is 21.7. The highest BCUT2D eigenvalue weighted by atomic mass is 19.1. The number of halogens is 1. The predicted octanol–water partition coefficient (Wildman–Crippen LogP) is 28.0. The second kappa shape index (κ2) is 28.4. The molecule has 0 radical (unpaired) electrons. The number of fused-ring (bicyclic) bond motifs is 6. The highest BCUT2D eigenvalue weighted by molar-refractivity contribution is 5.94. The third-order valence-corrected chi connectivity index (χ3v) is 21.7. The van der Waals surface area contributed by atoms with Gasteiger partial charge in [0.25, 0.3) is 0 Å². The van der Waals surface area contributed by atoms with Gasteiger partial charge in [-0.05, 0) is 244 Å². The van der Waals surface area contributed by atoms with Crippen molar-refractivity contribution in [2.45, 2.75) is 10.8 Å². The summed E-state index contributed by atoms with van der Waals surface area (Å²) in [6.45, 7) is 12.2. The maximum Gasteiger partial charge on any atom is 0.147 e. The summed E-state index contributed by atoms with van der Waals surface area (Å²) in [5, 5.41) is 0. The molecular weight excluding hydrogens is 1330 g/mol. The lowest BCUT2D eigenvalue weighted by Gasteiger charge is -2.35. The maximum atomic E-state index is 17.0. The Labute approximate surface area is 636 Å². The van der Waals surface area contributed by atoms with Crippen LogP contribution in [-0.2, 0) is 10.8 Å². The maximum absolute atomic E-state index is 17.0. The smallest absolute Gasteiger partial charge is 0.147 e. The van der Waals surface area contributed by atoms with Gasteiger partial charge in [0, 0.05) is 22.7 Å². The van der Waals surface area contributed by atoms with Crippen LogP contribution in [0.25, 0.3) is 73.9 Å². The lowest BCUT2D eigenvalue weighted by molar-refractivity contribution is 0.482. The molecular formula is C104H73FN2O2. The van der Waals surface area contributed by atoms with Crippen molar-refractivity contribution < 1.29 is 13.9 Å². The van der Waals surface area contributed by atoms with Crippen LogP contribution in [-0.4, -0.2) is 0 Å². The Hall–Kier alpha value is -14.1. The Kier molecular flexibility index (Phi) is 17.4. The van der Waals surface area contributed by atoms with Crippen LogP contribution in [0.4, 0.5) is 38.5 Å². The summed E-state index contributed by atoms with van der Waals surface area (Å²) in [5.41, 5.74) is 26.5. The number of hydrogen-bond acceptors (Lipinski definition) is 4. The van der Waals surface area contributed by atoms with Gasteiger partial charge in [-0.25, -0.2) is 4.39 Å². The summed E-state index contributed by atoms with van der Waals surface area (Å²) in [6.07, 6.45) is 5.60. The van der Waals surface area contributed by atoms with E-state index in [0.29, 0.717) is 11.4 Å². The molecule has 0 heterocycles. The molecule has 16 aromatic carbocycles. The number of nitrogens with zero attached hydrogens (tertiary/aromatic N) is 2. The zero-order valence-corrected chi connectivity index (χ0v) is 59.9. The van der Waals surface area contributed by atoms with E-state index in [4.69, 9.17) is 9.47 Å². The standard InChI is InChI=1S/C104H73FN2O2/c1-4-71-35-55-88(56-36-71)108-90-59-45-82(46-60-90)103(80-28-15-9-16-29-80)96-67-78(74-24-11-7-12-25-74)43-63-92(96)94-65-53-86(69-98(94)103)106(101-33-21-19-23-73(101)6-3)84-49-39-76(40-50-84)77-41-51-85(52-42-77)107(102-34-22-20-32-100(102)105)87-54-66-95-93-64-44-79(75-26-13-8-14-27-75)68-97(93)104(99(95)70-87,81-30-17-10-18-31-81)83-47-61-91(62-48-83)109-89-57-37-72(5-2)38-58-89/h4-70H,1-3H2. The minimum Gasteiger partial charge on any atom is -0.457 e. The van der Waals surface area contributed by atoms with Crippen molar-refractivity contribution in [3.63, 3.8) is 0 Å². The van der Waals surface area contributed by atoms with Crippen LogP contribution >= 0.6 is 0 Å². The summed E-state index contributed by atoms with van der Waals surface area (Å²) in [4.78, 5) is 4.41. The molecule has 5 heteroatoms. The highest BCUT2D eigenvalue weighted by Gasteiger charge is 2.49. The molecule has 0 fully saturated rings. The molecule has 2 aliphatic carbocycles. The second-order valence-electron chi connectivity index (χ2n) is 27.7. The zero-order chi connectivity index (χ0) is 73.4. The largest absolute Gasteiger partial charge is 0.457 e. The molecule has 0 aromatic heterocycles. The Balaban J connectivity index is 0.733. The first-order chi connectivity index (χ1) is 53.8. The molecule has 0 N–H and O–H groups in total. The predicted molar refractivity (Wildman–Crippen MR) is 450 cm³/mol. The number of anilines is 6. The van der Waals surface area contributed by atoms with Gasteiger partial charge in [0.1, 0.15) is 28.8 Å². The van der Waals surface area contributed by atoms with Crippen LogP contribution in [0, 0.1) is 5.82 Å². The molecule has 4 nitrogen and oxygen atoms in total. The van der Waals surface area contributed by atoms with Gasteiger partial charge in [-0.2, -0.15) is 0 Å². The summed E-state index contributed by atoms with van der Waals surface area (Å²) in [5.74, 6) is 2.60. The zero-order valence-electron chi connectivity index (χ0n) is 59.9. The van der Waals surface area contributed by atoms with Gasteiger partial charge in [-0.3, -0.25) is 0 Å². The first kappa shape index (κ1) is 66.8. The van der Waals surface area contributed by atoms with Crippen LogP contribution in [0.5, 0.6) is 23.0 Å². The fourth-order valence-corrected chi connectivity index (χ4v) is 16.6. The van der Waals surface area contributed by atoms with Gasteiger partial charge in [-0.1, -0.05) is 299 Å². The van der Waals surface area contributed by atoms with Gasteiger partial charge in [-0.15, -0.1) is 0 Å². The monoisotopic (exact) mass is 1400 g/mol. The Morgan fingerprint density at radius 1 is 0.248 bits per heavy atom. The van der Waals surface area contributed by atoms with E-state index in [1.54, 1.807) is 12.1 Å². The van der Waals surface area contributed by atoms with Gasteiger partial charge < -0.3 is 19.3 Å². The van der Waals surface area contributed by atoms with E-state index < -0.39 is 10.8 Å². The molecule has 2 unspecified atom stereocenters. The first-order valence-electron chi connectivity index (χ1n) is 36.9. The van der Waals surface area contributed by atoms with Crippen molar-refractivity contribution in [3.8, 4) is 78.6 Å². The quantitative estimate of drug-likeness (QED) is 0.0759. The molecule has 0 aliphatic heterocycles. The van der Waals surface area contributed by atoms with Gasteiger partial charge in [0.2, 0.25) is 0 Å². The molecule has 518 valence electrons. The minimum atomic E-state index is -0.826. The molecule has 0 amide bonds. The van der Waals surface area contributed by atoms with E-state index in [1.165, 1.54) is 11.1 Å². The van der Waals surface area contributed by atoms with Crippen molar-refractivity contribution in [3.05, 3.63) is 475 Å². The van der Waals surface area contributed by atoms with E-state index in [2.05, 4.69) is 345 Å². The van der Waals surface area contributed by atoms with Crippen LogP contribution < -0.4 is 19.3 Å². The third kappa shape index (κ3) is 11.9. The number of para-hydroxylation sites is 2. The molecule has 2 aliphatic rings. The van der Waals surface area contributed by atoms with Crippen molar-refractivity contribution >= 4 is 52.4 Å². The van der Waals surface area contributed by atoms with Crippen LogP contribution in [0.2, 0.25) is 0 Å². The van der Waals surface area contributed by atoms with E-state index in [-0.39, 0.29) is 5.82 Å². The topological polar surface area (TPSA) is 24.9 Å². The lowest BCUT2D eigenvalue weighted by atomic mass is 9.67. The fraction of sp³-hybridized carbons (Fsp3) is 0.0192. The molecule has 0 saturated heterocycles. The van der Waals surface area contributed by atoms with Crippen molar-refractivity contribution in [1.29, 1.82) is 0 Å². The van der Waals surface area contributed by atoms with Crippen LogP contribution in [0.15, 0.2) is 408 Å². The number of hydrogen-bond donors (Lipinski definition) is 0. The van der Waals surface area contributed by atoms with Crippen molar-refractivity contribution in [2.24, 2.45) is 0 Å². The highest BCUT2D eigenvalue weighted by Crippen LogP contribution is 2.61. The second-order valence-corrected chi connectivity index (χ2v) is 27.7. The molecule has 0 bridgehead atoms. The van der Waals surface area contributed by atoms with Crippen LogP contribution in [0.3, 0.4) is 0 Å². The summed E-state index contributed by atoms with van der Waals surface area (Å²) < 4.78 is 30.0. The molecule has 109 heavy (non-hydrogen) atoms. The van der Waals surface area contributed by atoms with Crippen molar-refractivity contribution in [2.75, 3.05) is 9.80 Å². The first-order valence-corrected chi connectivity index (χ1v) is 36.9. The normalized spacial score (nSPS) is 14.3. The molecule has 16 aromatic rings. The average Bonchev–Trinajstić information content (AvgIpc) is 1.55. The number of rotatable bonds is 20. The average molecular weight is 1400 g/mol. The van der Waals surface area contributed by atoms with Crippen molar-refractivity contribution in [1.82, 2.24) is 0 Å². The van der Waals surface area contributed by atoms with Gasteiger partial charge in [0.05, 0.1) is 22.2 Å². The summed E-state index contributed by atoms with van der Waals surface area (Å²) in [7, 11) is 0. The number of ether oxygens (including phenoxy) is 2. The van der Waals surface area contributed by atoms with Crippen LogP contribution in [0.1, 0.15) is 61.2 Å². The number of benzene rings is 16. The molecule has 0 saturated carbocycles. The fourth-order valence-electron chi connectivity index (χ4n) is 16.6. The summed E-state index contributed by atoms with van der Waals surface area (Å²) in [6, 6.07) is 136. The van der Waals surface area contributed by atoms with Gasteiger partial charge in [0.15, 0.2) is 0 Å². The Bertz CT molecular complexity index is 6070. The Morgan fingerprint density at radius 2 is 0.550 bits per heavy atom. The lowest BCUT2D eigenvalue weighted by Crippen LogP contribution is -2.29. The minimum absolute atomic E-state index is 0.340. The van der Waals surface area contributed by atoms with E-state index in [0.717, 1.165) is 151 Å². The van der Waals surface area contributed by atoms with Gasteiger partial charge >= 0.3 is 0 Å². The molecule has 18 rings (SSSR count). The van der Waals surface area contributed by atoms with E-state index in [1.807, 2.05) is 78.9 Å². The van der Waals surface area contributed by atoms with E-state index in [9.17, 15) is 0 Å². The van der Waals surface area contributed by atoms with E-state index >= 15 is 4.39 Å². The Morgan fingerprint density at radius 3 is 0.945 bits per heavy atom. The SMILES string of the molecule is C=Cc1ccc(Oc2ccc(C3(c4ccccc4)c4cc(-c5ccccc5)ccc4-c4ccc(N(c5ccc(-c6ccc(N(c7ccc8c(c7)C(c7ccccc7)(c7ccc(Oc9ccc(C=C)cc9)cc7)c7cc(-c9ccccc9)ccc7-8)c7ccccc7C=C)cc6)cc5)c5ccccc5F)cc43)cc2)cc1. The molecule has 0 spiro atoms. The summed E-state index contributed by atoms with van der Waals surface area (Å²) >= 11 is 0.